The molecule has 1 aromatic heterocycles. The number of carbonyl (C=O) groups is 1. The fraction of sp³-hybridized carbons (Fsp3) is 0.400. The van der Waals surface area contributed by atoms with Gasteiger partial charge in [0.15, 0.2) is 0 Å². The summed E-state index contributed by atoms with van der Waals surface area (Å²) in [5, 5.41) is 0. The Bertz CT molecular complexity index is 347. The number of nitrogens with one attached hydrogen (secondary N) is 1. The third-order valence-electron chi connectivity index (χ3n) is 1.81. The van der Waals surface area contributed by atoms with E-state index >= 15 is 0 Å². The maximum Gasteiger partial charge on any atom is 0.315 e. The van der Waals surface area contributed by atoms with Gasteiger partial charge in [0.2, 0.25) is 0 Å². The zero-order valence-electron chi connectivity index (χ0n) is 9.10. The molecule has 0 aliphatic rings. The van der Waals surface area contributed by atoms with Crippen LogP contribution < -0.4 is 11.3 Å². The molecule has 0 radical (unpaired) electrons. The average molecular weight is 241 g/mol. The highest BCUT2D eigenvalue weighted by molar-refractivity contribution is 7.99. The fourth-order valence-electron chi connectivity index (χ4n) is 1.13. The first-order valence-electron chi connectivity index (χ1n) is 4.91. The van der Waals surface area contributed by atoms with Gasteiger partial charge in [-0.1, -0.05) is 6.07 Å². The number of pyridine rings is 1. The van der Waals surface area contributed by atoms with Crippen LogP contribution in [0, 0.1) is 0 Å². The standard InChI is InChI=1S/C10H15N3O2S/c1-2-15-9(14)7-16-6-8-4-3-5-12-10(8)13-11/h3-5H,2,6-7,11H2,1H3,(H,12,13). The van der Waals surface area contributed by atoms with E-state index in [0.29, 0.717) is 23.9 Å². The maximum atomic E-state index is 11.1. The molecule has 88 valence electrons. The summed E-state index contributed by atoms with van der Waals surface area (Å²) < 4.78 is 4.82. The van der Waals surface area contributed by atoms with Gasteiger partial charge in [0.05, 0.1) is 12.4 Å². The highest BCUT2D eigenvalue weighted by Crippen LogP contribution is 2.17. The molecule has 5 nitrogen and oxygen atoms in total. The van der Waals surface area contributed by atoms with Crippen molar-refractivity contribution in [3.8, 4) is 0 Å². The van der Waals surface area contributed by atoms with Crippen LogP contribution in [0.1, 0.15) is 12.5 Å². The van der Waals surface area contributed by atoms with Gasteiger partial charge in [-0.05, 0) is 13.0 Å². The lowest BCUT2D eigenvalue weighted by Gasteiger charge is -2.06. The molecule has 1 rings (SSSR count). The van der Waals surface area contributed by atoms with Crippen LogP contribution in [-0.4, -0.2) is 23.3 Å². The van der Waals surface area contributed by atoms with Crippen LogP contribution in [0.5, 0.6) is 0 Å². The molecule has 1 heterocycles. The molecular formula is C10H15N3O2S. The third kappa shape index (κ3) is 4.08. The normalized spacial score (nSPS) is 9.88. The Hall–Kier alpha value is -1.27. The summed E-state index contributed by atoms with van der Waals surface area (Å²) in [5.41, 5.74) is 3.49. The molecule has 0 aliphatic carbocycles. The van der Waals surface area contributed by atoms with E-state index in [0.717, 1.165) is 5.56 Å². The highest BCUT2D eigenvalue weighted by atomic mass is 32.2. The summed E-state index contributed by atoms with van der Waals surface area (Å²) in [6.07, 6.45) is 1.66. The summed E-state index contributed by atoms with van der Waals surface area (Å²) in [5.74, 6) is 6.77. The fourth-order valence-corrected chi connectivity index (χ4v) is 1.94. The van der Waals surface area contributed by atoms with E-state index in [1.165, 1.54) is 11.8 Å². The predicted octanol–water partition coefficient (Wildman–Crippen LogP) is 1.16. The summed E-state index contributed by atoms with van der Waals surface area (Å²) in [7, 11) is 0. The summed E-state index contributed by atoms with van der Waals surface area (Å²) >= 11 is 1.47. The molecule has 3 N–H and O–H groups in total. The van der Waals surface area contributed by atoms with E-state index in [1.54, 1.807) is 13.1 Å². The molecule has 16 heavy (non-hydrogen) atoms. The lowest BCUT2D eigenvalue weighted by molar-refractivity contribution is -0.139. The van der Waals surface area contributed by atoms with Crippen molar-refractivity contribution in [2.75, 3.05) is 17.8 Å². The number of ether oxygens (including phenoxy) is 1. The van der Waals surface area contributed by atoms with E-state index in [2.05, 4.69) is 10.4 Å². The minimum absolute atomic E-state index is 0.196. The lowest BCUT2D eigenvalue weighted by atomic mass is 10.3. The van der Waals surface area contributed by atoms with Gasteiger partial charge >= 0.3 is 5.97 Å². The smallest absolute Gasteiger partial charge is 0.315 e. The quantitative estimate of drug-likeness (QED) is 0.442. The van der Waals surface area contributed by atoms with Gasteiger partial charge in [-0.3, -0.25) is 4.79 Å². The number of nitrogen functional groups attached to an aromatic ring is 1. The molecule has 0 aliphatic heterocycles. The van der Waals surface area contributed by atoms with Gasteiger partial charge in [0, 0.05) is 17.5 Å². The number of anilines is 1. The van der Waals surface area contributed by atoms with Crippen molar-refractivity contribution in [2.24, 2.45) is 5.84 Å². The van der Waals surface area contributed by atoms with Crippen LogP contribution in [0.25, 0.3) is 0 Å². The molecule has 0 saturated heterocycles. The molecule has 0 atom stereocenters. The number of rotatable bonds is 6. The van der Waals surface area contributed by atoms with Gasteiger partial charge in [-0.2, -0.15) is 0 Å². The van der Waals surface area contributed by atoms with Crippen molar-refractivity contribution >= 4 is 23.5 Å². The molecule has 0 bridgehead atoms. The predicted molar refractivity (Wildman–Crippen MR) is 64.8 cm³/mol. The SMILES string of the molecule is CCOC(=O)CSCc1cccnc1NN. The lowest BCUT2D eigenvalue weighted by Crippen LogP contribution is -2.11. The third-order valence-corrected chi connectivity index (χ3v) is 2.77. The van der Waals surface area contributed by atoms with Crippen molar-refractivity contribution in [3.05, 3.63) is 23.9 Å². The molecule has 0 amide bonds. The highest BCUT2D eigenvalue weighted by Gasteiger charge is 2.05. The monoisotopic (exact) mass is 241 g/mol. The van der Waals surface area contributed by atoms with Crippen molar-refractivity contribution in [3.63, 3.8) is 0 Å². The largest absolute Gasteiger partial charge is 0.465 e. The van der Waals surface area contributed by atoms with E-state index < -0.39 is 0 Å². The van der Waals surface area contributed by atoms with Gasteiger partial charge < -0.3 is 10.2 Å². The van der Waals surface area contributed by atoms with Gasteiger partial charge in [-0.15, -0.1) is 11.8 Å². The zero-order chi connectivity index (χ0) is 11.8. The van der Waals surface area contributed by atoms with Crippen LogP contribution in [-0.2, 0) is 15.3 Å². The molecular weight excluding hydrogens is 226 g/mol. The van der Waals surface area contributed by atoms with Crippen LogP contribution in [0.15, 0.2) is 18.3 Å². The molecule has 6 heteroatoms. The molecule has 0 unspecified atom stereocenters. The van der Waals surface area contributed by atoms with Crippen molar-refractivity contribution in [2.45, 2.75) is 12.7 Å². The Morgan fingerprint density at radius 2 is 2.50 bits per heavy atom. The second-order valence-electron chi connectivity index (χ2n) is 2.95. The Morgan fingerprint density at radius 1 is 1.69 bits per heavy atom. The minimum Gasteiger partial charge on any atom is -0.465 e. The van der Waals surface area contributed by atoms with Gasteiger partial charge in [0.25, 0.3) is 0 Å². The summed E-state index contributed by atoms with van der Waals surface area (Å²) in [6.45, 7) is 2.21. The Labute approximate surface area is 98.7 Å². The van der Waals surface area contributed by atoms with Gasteiger partial charge in [-0.25, -0.2) is 10.8 Å². The number of aromatic nitrogens is 1. The van der Waals surface area contributed by atoms with Crippen LogP contribution in [0.3, 0.4) is 0 Å². The van der Waals surface area contributed by atoms with E-state index in [-0.39, 0.29) is 5.97 Å². The molecule has 0 fully saturated rings. The number of hydrogen-bond acceptors (Lipinski definition) is 6. The Balaban J connectivity index is 2.39. The number of hydrazine groups is 1. The van der Waals surface area contributed by atoms with Crippen molar-refractivity contribution in [1.82, 2.24) is 4.98 Å². The van der Waals surface area contributed by atoms with Gasteiger partial charge in [0.1, 0.15) is 5.82 Å². The second-order valence-corrected chi connectivity index (χ2v) is 3.94. The van der Waals surface area contributed by atoms with Crippen LogP contribution in [0.2, 0.25) is 0 Å². The zero-order valence-corrected chi connectivity index (χ0v) is 9.92. The number of nitrogens with two attached hydrogens (primary N) is 1. The van der Waals surface area contributed by atoms with Crippen molar-refractivity contribution < 1.29 is 9.53 Å². The molecule has 0 spiro atoms. The second kappa shape index (κ2) is 7.08. The number of thioether (sulfide) groups is 1. The van der Waals surface area contributed by atoms with Crippen LogP contribution >= 0.6 is 11.8 Å². The first-order chi connectivity index (χ1) is 7.77. The van der Waals surface area contributed by atoms with E-state index in [1.807, 2.05) is 12.1 Å². The minimum atomic E-state index is -0.196. The van der Waals surface area contributed by atoms with Crippen LogP contribution in [0.4, 0.5) is 5.82 Å². The summed E-state index contributed by atoms with van der Waals surface area (Å²) in [4.78, 5) is 15.2. The number of carbonyl (C=O) groups excluding carboxylic acids is 1. The molecule has 0 aromatic carbocycles. The number of hydrogen-bond donors (Lipinski definition) is 2. The van der Waals surface area contributed by atoms with E-state index in [9.17, 15) is 4.79 Å². The molecule has 0 saturated carbocycles. The number of esters is 1. The van der Waals surface area contributed by atoms with E-state index in [4.69, 9.17) is 10.6 Å². The first-order valence-corrected chi connectivity index (χ1v) is 6.07. The Morgan fingerprint density at radius 3 is 3.19 bits per heavy atom. The average Bonchev–Trinajstić information content (AvgIpc) is 2.30. The molecule has 1 aromatic rings. The topological polar surface area (TPSA) is 77.2 Å². The Kier molecular flexibility index (Phi) is 5.66. The summed E-state index contributed by atoms with van der Waals surface area (Å²) in [6, 6.07) is 3.75. The van der Waals surface area contributed by atoms with Crippen molar-refractivity contribution in [1.29, 1.82) is 0 Å². The number of nitrogens with zero attached hydrogens (tertiary/aromatic N) is 1. The maximum absolute atomic E-state index is 11.1. The first kappa shape index (κ1) is 12.8.